The number of carboxylic acid groups (broad SMARTS) is 1. The summed E-state index contributed by atoms with van der Waals surface area (Å²) in [7, 11) is 0. The van der Waals surface area contributed by atoms with Gasteiger partial charge in [0.2, 0.25) is 0 Å². The summed E-state index contributed by atoms with van der Waals surface area (Å²) in [6, 6.07) is 0. The molecule has 0 aliphatic heterocycles. The molecule has 0 bridgehead atoms. The van der Waals surface area contributed by atoms with Crippen LogP contribution in [-0.4, -0.2) is 22.3 Å². The summed E-state index contributed by atoms with van der Waals surface area (Å²) < 4.78 is 0. The van der Waals surface area contributed by atoms with E-state index >= 15 is 0 Å². The predicted octanol–water partition coefficient (Wildman–Crippen LogP) is 3.36. The second kappa shape index (κ2) is 14.0. The van der Waals surface area contributed by atoms with Gasteiger partial charge in [-0.25, -0.2) is 0 Å². The molecule has 0 saturated heterocycles. The minimum atomic E-state index is -0.724. The zero-order chi connectivity index (χ0) is 15.1. The van der Waals surface area contributed by atoms with Gasteiger partial charge in [-0.1, -0.05) is 44.4 Å². The Balaban J connectivity index is 3.51. The Hall–Kier alpha value is -1.45. The van der Waals surface area contributed by atoms with Gasteiger partial charge >= 0.3 is 5.97 Å². The molecule has 0 spiro atoms. The lowest BCUT2D eigenvalue weighted by Crippen LogP contribution is -2.01. The maximum atomic E-state index is 10.3. The molecule has 3 nitrogen and oxygen atoms in total. The normalized spacial score (nSPS) is 10.9. The van der Waals surface area contributed by atoms with Gasteiger partial charge in [-0.05, 0) is 37.5 Å². The van der Waals surface area contributed by atoms with Crippen LogP contribution < -0.4 is 0 Å². The highest BCUT2D eigenvalue weighted by molar-refractivity contribution is 5.66. The number of hydrogen-bond acceptors (Lipinski definition) is 2. The number of hydrogen-bond donors (Lipinski definition) is 2. The van der Waals surface area contributed by atoms with Crippen molar-refractivity contribution < 1.29 is 15.0 Å². The van der Waals surface area contributed by atoms with Crippen LogP contribution in [0.5, 0.6) is 0 Å². The fourth-order valence-corrected chi connectivity index (χ4v) is 1.73. The Morgan fingerprint density at radius 1 is 1.05 bits per heavy atom. The van der Waals surface area contributed by atoms with Crippen LogP contribution in [0.15, 0.2) is 0 Å². The maximum absolute atomic E-state index is 10.3. The standard InChI is InChI=1S/C17H26O3/c1-2-3-10-13-16(18)14-11-8-6-4-5-7-9-12-15-17(19)20/h16,18H,2-5,7,9-10,12-13,15H2,1H3,(H,19,20)/t16-/m1/s1. The fraction of sp³-hybridized carbons (Fsp3) is 0.706. The average Bonchev–Trinajstić information content (AvgIpc) is 2.41. The molecule has 0 saturated carbocycles. The van der Waals surface area contributed by atoms with Crippen molar-refractivity contribution in [2.45, 2.75) is 77.2 Å². The minimum absolute atomic E-state index is 0.257. The number of aliphatic hydroxyl groups excluding tert-OH is 1. The topological polar surface area (TPSA) is 57.5 Å². The van der Waals surface area contributed by atoms with Crippen molar-refractivity contribution in [2.24, 2.45) is 0 Å². The molecule has 20 heavy (non-hydrogen) atoms. The van der Waals surface area contributed by atoms with Crippen LogP contribution in [0.3, 0.4) is 0 Å². The van der Waals surface area contributed by atoms with Crippen molar-refractivity contribution in [2.75, 3.05) is 0 Å². The summed E-state index contributed by atoms with van der Waals surface area (Å²) in [5, 5.41) is 18.0. The molecular formula is C17H26O3. The highest BCUT2D eigenvalue weighted by Crippen LogP contribution is 2.04. The van der Waals surface area contributed by atoms with Crippen molar-refractivity contribution in [1.82, 2.24) is 0 Å². The first-order valence-corrected chi connectivity index (χ1v) is 7.55. The second-order valence-corrected chi connectivity index (χ2v) is 4.89. The minimum Gasteiger partial charge on any atom is -0.481 e. The molecule has 0 unspecified atom stereocenters. The van der Waals surface area contributed by atoms with Gasteiger partial charge in [0.15, 0.2) is 0 Å². The first-order chi connectivity index (χ1) is 9.66. The van der Waals surface area contributed by atoms with Crippen LogP contribution in [0.25, 0.3) is 0 Å². The summed E-state index contributed by atoms with van der Waals surface area (Å²) in [6.45, 7) is 2.13. The van der Waals surface area contributed by atoms with E-state index in [1.54, 1.807) is 0 Å². The largest absolute Gasteiger partial charge is 0.481 e. The monoisotopic (exact) mass is 278 g/mol. The first kappa shape index (κ1) is 18.6. The quantitative estimate of drug-likeness (QED) is 0.476. The third kappa shape index (κ3) is 14.6. The first-order valence-electron chi connectivity index (χ1n) is 7.55. The van der Waals surface area contributed by atoms with Crippen molar-refractivity contribution in [3.05, 3.63) is 0 Å². The van der Waals surface area contributed by atoms with Crippen LogP contribution in [-0.2, 0) is 4.79 Å². The van der Waals surface area contributed by atoms with E-state index in [9.17, 15) is 9.90 Å². The molecule has 0 aliphatic carbocycles. The van der Waals surface area contributed by atoms with Gasteiger partial charge in [0.25, 0.3) is 0 Å². The molecule has 0 radical (unpaired) electrons. The van der Waals surface area contributed by atoms with Crippen LogP contribution in [0.1, 0.15) is 71.1 Å². The van der Waals surface area contributed by atoms with E-state index in [1.807, 2.05) is 0 Å². The fourth-order valence-electron chi connectivity index (χ4n) is 1.73. The molecular weight excluding hydrogens is 252 g/mol. The lowest BCUT2D eigenvalue weighted by Gasteiger charge is -2.00. The number of carbonyl (C=O) groups is 1. The van der Waals surface area contributed by atoms with Crippen molar-refractivity contribution >= 4 is 5.97 Å². The van der Waals surface area contributed by atoms with E-state index in [0.717, 1.165) is 57.8 Å². The van der Waals surface area contributed by atoms with Gasteiger partial charge in [0, 0.05) is 12.8 Å². The third-order valence-electron chi connectivity index (χ3n) is 2.91. The van der Waals surface area contributed by atoms with Crippen molar-refractivity contribution in [3.8, 4) is 23.7 Å². The SMILES string of the molecule is CCCCC[C@@H](O)C#CC#CCCCCCCC(=O)O. The predicted molar refractivity (Wildman–Crippen MR) is 81.0 cm³/mol. The molecule has 112 valence electrons. The highest BCUT2D eigenvalue weighted by Gasteiger charge is 1.97. The molecule has 0 heterocycles. The number of unbranched alkanes of at least 4 members (excludes halogenated alkanes) is 6. The summed E-state index contributed by atoms with van der Waals surface area (Å²) in [6.07, 6.45) is 8.18. The Labute approximate surface area is 122 Å². The molecule has 0 fully saturated rings. The number of carboxylic acids is 1. The highest BCUT2D eigenvalue weighted by atomic mass is 16.4. The average molecular weight is 278 g/mol. The molecule has 2 N–H and O–H groups in total. The Kier molecular flexibility index (Phi) is 13.0. The van der Waals surface area contributed by atoms with E-state index in [1.165, 1.54) is 0 Å². The Bertz CT molecular complexity index is 365. The van der Waals surface area contributed by atoms with E-state index in [-0.39, 0.29) is 6.42 Å². The summed E-state index contributed by atoms with van der Waals surface area (Å²) in [4.78, 5) is 10.3. The lowest BCUT2D eigenvalue weighted by atomic mass is 10.1. The zero-order valence-corrected chi connectivity index (χ0v) is 12.5. The third-order valence-corrected chi connectivity index (χ3v) is 2.91. The Morgan fingerprint density at radius 3 is 2.50 bits per heavy atom. The van der Waals surface area contributed by atoms with Gasteiger partial charge in [-0.3, -0.25) is 4.79 Å². The van der Waals surface area contributed by atoms with E-state index in [2.05, 4.69) is 30.6 Å². The van der Waals surface area contributed by atoms with Crippen LogP contribution in [0.2, 0.25) is 0 Å². The summed E-state index contributed by atoms with van der Waals surface area (Å²) in [5.74, 6) is 10.4. The van der Waals surface area contributed by atoms with E-state index < -0.39 is 12.1 Å². The second-order valence-electron chi connectivity index (χ2n) is 4.89. The lowest BCUT2D eigenvalue weighted by molar-refractivity contribution is -0.137. The number of aliphatic hydroxyl groups is 1. The molecule has 0 aromatic rings. The van der Waals surface area contributed by atoms with Crippen LogP contribution in [0.4, 0.5) is 0 Å². The molecule has 0 amide bonds. The maximum Gasteiger partial charge on any atom is 0.303 e. The van der Waals surface area contributed by atoms with Crippen molar-refractivity contribution in [3.63, 3.8) is 0 Å². The number of aliphatic carboxylic acids is 1. The van der Waals surface area contributed by atoms with Gasteiger partial charge in [0.1, 0.15) is 6.10 Å². The molecule has 0 rings (SSSR count). The summed E-state index contributed by atoms with van der Waals surface area (Å²) >= 11 is 0. The molecule has 3 heteroatoms. The van der Waals surface area contributed by atoms with Gasteiger partial charge in [-0.15, -0.1) is 0 Å². The van der Waals surface area contributed by atoms with Gasteiger partial charge in [0.05, 0.1) is 0 Å². The van der Waals surface area contributed by atoms with Gasteiger partial charge in [-0.2, -0.15) is 0 Å². The van der Waals surface area contributed by atoms with Crippen LogP contribution >= 0.6 is 0 Å². The Morgan fingerprint density at radius 2 is 1.80 bits per heavy atom. The smallest absolute Gasteiger partial charge is 0.303 e. The van der Waals surface area contributed by atoms with Gasteiger partial charge < -0.3 is 10.2 Å². The van der Waals surface area contributed by atoms with E-state index in [4.69, 9.17) is 5.11 Å². The molecule has 0 aromatic carbocycles. The van der Waals surface area contributed by atoms with Crippen LogP contribution in [0, 0.1) is 23.7 Å². The zero-order valence-electron chi connectivity index (χ0n) is 12.5. The van der Waals surface area contributed by atoms with E-state index in [0.29, 0.717) is 0 Å². The molecule has 1 atom stereocenters. The van der Waals surface area contributed by atoms with Crippen molar-refractivity contribution in [1.29, 1.82) is 0 Å². The molecule has 0 aromatic heterocycles. The number of rotatable bonds is 10. The summed E-state index contributed by atoms with van der Waals surface area (Å²) in [5.41, 5.74) is 0. The molecule has 0 aliphatic rings.